The molecule has 7 atom stereocenters. The fraction of sp³-hybridized carbons (Fsp3) is 0.952. The zero-order chi connectivity index (χ0) is 16.5. The fourth-order valence-corrected chi connectivity index (χ4v) is 7.72. The average Bonchev–Trinajstić information content (AvgIpc) is 2.82. The maximum Gasteiger partial charge on any atom is 0.139 e. The van der Waals surface area contributed by atoms with E-state index in [9.17, 15) is 9.90 Å². The molecule has 0 radical (unpaired) electrons. The van der Waals surface area contributed by atoms with Gasteiger partial charge in [0, 0.05) is 11.8 Å². The summed E-state index contributed by atoms with van der Waals surface area (Å²) in [5, 5.41) is 10.6. The number of Topliss-reactive ketones (excluding diaryl/α,β-unsaturated/α-hetero) is 1. The van der Waals surface area contributed by atoms with Gasteiger partial charge in [0.15, 0.2) is 0 Å². The predicted octanol–water partition coefficient (Wildman–Crippen LogP) is 4.74. The zero-order valence-corrected chi connectivity index (χ0v) is 15.2. The summed E-state index contributed by atoms with van der Waals surface area (Å²) in [5.41, 5.74) is 0.0178. The summed E-state index contributed by atoms with van der Waals surface area (Å²) >= 11 is 0. The van der Waals surface area contributed by atoms with E-state index in [4.69, 9.17) is 0 Å². The lowest BCUT2D eigenvalue weighted by molar-refractivity contribution is -0.157. The van der Waals surface area contributed by atoms with E-state index < -0.39 is 5.60 Å². The molecule has 0 aliphatic heterocycles. The van der Waals surface area contributed by atoms with Crippen molar-refractivity contribution >= 4 is 5.78 Å². The third kappa shape index (κ3) is 2.12. The molecule has 0 amide bonds. The Labute approximate surface area is 141 Å². The van der Waals surface area contributed by atoms with Crippen LogP contribution in [-0.2, 0) is 4.79 Å². The van der Waals surface area contributed by atoms with E-state index in [0.717, 1.165) is 43.9 Å². The van der Waals surface area contributed by atoms with Crippen LogP contribution in [0.2, 0.25) is 0 Å². The minimum atomic E-state index is -0.442. The van der Waals surface area contributed by atoms with Crippen molar-refractivity contribution < 1.29 is 9.90 Å². The van der Waals surface area contributed by atoms with Gasteiger partial charge >= 0.3 is 0 Å². The second-order valence-corrected chi connectivity index (χ2v) is 9.86. The van der Waals surface area contributed by atoms with Crippen molar-refractivity contribution in [1.29, 1.82) is 0 Å². The number of fused-ring (bicyclic) bond motifs is 5. The van der Waals surface area contributed by atoms with Crippen molar-refractivity contribution in [2.45, 2.75) is 90.6 Å². The van der Waals surface area contributed by atoms with Crippen LogP contribution in [0.1, 0.15) is 85.0 Å². The van der Waals surface area contributed by atoms with Crippen LogP contribution in [-0.4, -0.2) is 16.5 Å². The summed E-state index contributed by atoms with van der Waals surface area (Å²) in [7, 11) is 0. The van der Waals surface area contributed by atoms with Crippen molar-refractivity contribution in [1.82, 2.24) is 0 Å². The highest BCUT2D eigenvalue weighted by Crippen LogP contribution is 2.67. The van der Waals surface area contributed by atoms with Crippen molar-refractivity contribution in [3.63, 3.8) is 0 Å². The second-order valence-electron chi connectivity index (χ2n) is 9.86. The third-order valence-corrected chi connectivity index (χ3v) is 9.02. The first-order valence-electron chi connectivity index (χ1n) is 10.1. The van der Waals surface area contributed by atoms with Crippen molar-refractivity contribution in [3.8, 4) is 0 Å². The molecule has 0 saturated heterocycles. The van der Waals surface area contributed by atoms with E-state index in [1.54, 1.807) is 0 Å². The van der Waals surface area contributed by atoms with Gasteiger partial charge in [-0.15, -0.1) is 0 Å². The number of hydrogen-bond donors (Lipinski definition) is 1. The SMILES string of the molecule is CC[C@]12CCC(C)(O)C[C@@H]1CC[C@@H]1[C@@H]2CC[C@]2(C)C(=O)CC[C@@H]12. The van der Waals surface area contributed by atoms with Crippen LogP contribution in [0, 0.1) is 34.5 Å². The van der Waals surface area contributed by atoms with Gasteiger partial charge in [-0.25, -0.2) is 0 Å². The van der Waals surface area contributed by atoms with Crippen LogP contribution in [0.3, 0.4) is 0 Å². The second kappa shape index (κ2) is 5.07. The molecule has 2 heteroatoms. The Hall–Kier alpha value is -0.370. The number of rotatable bonds is 1. The highest BCUT2D eigenvalue weighted by molar-refractivity contribution is 5.87. The van der Waals surface area contributed by atoms with Gasteiger partial charge < -0.3 is 5.11 Å². The summed E-state index contributed by atoms with van der Waals surface area (Å²) in [6, 6.07) is 0. The topological polar surface area (TPSA) is 37.3 Å². The number of carbonyl (C=O) groups is 1. The first-order valence-corrected chi connectivity index (χ1v) is 10.1. The van der Waals surface area contributed by atoms with E-state index in [-0.39, 0.29) is 5.41 Å². The van der Waals surface area contributed by atoms with Gasteiger partial charge in [0.05, 0.1) is 5.60 Å². The Bertz CT molecular complexity index is 510. The smallest absolute Gasteiger partial charge is 0.139 e. The van der Waals surface area contributed by atoms with Gasteiger partial charge in [-0.1, -0.05) is 13.8 Å². The standard InChI is InChI=1S/C21H34O2/c1-4-21-12-11-19(2,23)13-14(21)5-6-15-16-7-8-18(22)20(16,3)10-9-17(15)21/h14-17,23H,4-13H2,1-3H3/t14-,15-,16-,17-,19?,20-,21-/m0/s1. The first kappa shape index (κ1) is 16.1. The third-order valence-electron chi connectivity index (χ3n) is 9.02. The minimum Gasteiger partial charge on any atom is -0.390 e. The Kier molecular flexibility index (Phi) is 3.55. The van der Waals surface area contributed by atoms with Crippen LogP contribution in [0.5, 0.6) is 0 Å². The molecular formula is C21H34O2. The molecule has 4 aliphatic rings. The van der Waals surface area contributed by atoms with Crippen LogP contribution in [0.15, 0.2) is 0 Å². The normalized spacial score (nSPS) is 55.9. The molecule has 1 unspecified atom stereocenters. The highest BCUT2D eigenvalue weighted by Gasteiger charge is 2.61. The number of ketones is 1. The van der Waals surface area contributed by atoms with E-state index in [2.05, 4.69) is 13.8 Å². The zero-order valence-electron chi connectivity index (χ0n) is 15.2. The van der Waals surface area contributed by atoms with Gasteiger partial charge in [-0.05, 0) is 93.8 Å². The molecule has 130 valence electrons. The van der Waals surface area contributed by atoms with E-state index in [1.807, 2.05) is 6.92 Å². The van der Waals surface area contributed by atoms with Gasteiger partial charge in [0.1, 0.15) is 5.78 Å². The molecule has 4 rings (SSSR count). The number of aliphatic hydroxyl groups is 1. The largest absolute Gasteiger partial charge is 0.390 e. The van der Waals surface area contributed by atoms with Gasteiger partial charge in [-0.3, -0.25) is 4.79 Å². The van der Waals surface area contributed by atoms with Crippen LogP contribution in [0.4, 0.5) is 0 Å². The van der Waals surface area contributed by atoms with Crippen molar-refractivity contribution in [3.05, 3.63) is 0 Å². The molecule has 0 heterocycles. The first-order chi connectivity index (χ1) is 10.8. The van der Waals surface area contributed by atoms with Crippen LogP contribution >= 0.6 is 0 Å². The maximum absolute atomic E-state index is 12.5. The average molecular weight is 319 g/mol. The molecule has 0 aromatic carbocycles. The summed E-state index contributed by atoms with van der Waals surface area (Å²) in [6.45, 7) is 6.72. The Morgan fingerprint density at radius 2 is 1.83 bits per heavy atom. The Morgan fingerprint density at radius 1 is 1.04 bits per heavy atom. The lowest BCUT2D eigenvalue weighted by atomic mass is 9.43. The van der Waals surface area contributed by atoms with Gasteiger partial charge in [0.2, 0.25) is 0 Å². The fourth-order valence-electron chi connectivity index (χ4n) is 7.72. The number of carbonyl (C=O) groups excluding carboxylic acids is 1. The summed E-state index contributed by atoms with van der Waals surface area (Å²) < 4.78 is 0. The van der Waals surface area contributed by atoms with E-state index in [0.29, 0.717) is 23.0 Å². The Balaban J connectivity index is 1.66. The highest BCUT2D eigenvalue weighted by atomic mass is 16.3. The van der Waals surface area contributed by atoms with E-state index >= 15 is 0 Å². The molecule has 4 saturated carbocycles. The summed E-state index contributed by atoms with van der Waals surface area (Å²) in [4.78, 5) is 12.5. The van der Waals surface area contributed by atoms with Gasteiger partial charge in [0.25, 0.3) is 0 Å². The minimum absolute atomic E-state index is 0.00307. The molecule has 0 bridgehead atoms. The summed E-state index contributed by atoms with van der Waals surface area (Å²) in [5.74, 6) is 3.51. The Morgan fingerprint density at radius 3 is 2.57 bits per heavy atom. The molecule has 23 heavy (non-hydrogen) atoms. The predicted molar refractivity (Wildman–Crippen MR) is 92.0 cm³/mol. The molecular weight excluding hydrogens is 284 g/mol. The van der Waals surface area contributed by atoms with Crippen molar-refractivity contribution in [2.75, 3.05) is 0 Å². The van der Waals surface area contributed by atoms with Crippen LogP contribution < -0.4 is 0 Å². The molecule has 0 spiro atoms. The molecule has 4 fully saturated rings. The molecule has 0 aromatic rings. The van der Waals surface area contributed by atoms with Gasteiger partial charge in [-0.2, -0.15) is 0 Å². The quantitative estimate of drug-likeness (QED) is 0.758. The van der Waals surface area contributed by atoms with Crippen molar-refractivity contribution in [2.24, 2.45) is 34.5 Å². The van der Waals surface area contributed by atoms with Crippen LogP contribution in [0.25, 0.3) is 0 Å². The lowest BCUT2D eigenvalue weighted by Gasteiger charge is -2.62. The molecule has 1 N–H and O–H groups in total. The molecule has 4 aliphatic carbocycles. The maximum atomic E-state index is 12.5. The molecule has 0 aromatic heterocycles. The summed E-state index contributed by atoms with van der Waals surface area (Å²) in [6.07, 6.45) is 11.4. The van der Waals surface area contributed by atoms with E-state index in [1.165, 1.54) is 32.1 Å². The number of hydrogen-bond acceptors (Lipinski definition) is 2. The lowest BCUT2D eigenvalue weighted by Crippen LogP contribution is -2.56. The monoisotopic (exact) mass is 318 g/mol. The molecule has 2 nitrogen and oxygen atoms in total.